The monoisotopic (exact) mass is 526 g/mol. The molecule has 2 saturated heterocycles. The molecule has 2 atom stereocenters. The second-order valence-electron chi connectivity index (χ2n) is 11.4. The number of allylic oxidation sites excluding steroid dienone is 1. The van der Waals surface area contributed by atoms with Crippen LogP contribution in [-0.4, -0.2) is 90.8 Å². The first-order valence-electron chi connectivity index (χ1n) is 14.5. The Labute approximate surface area is 227 Å². The number of carbonyl (C=O) groups is 2. The van der Waals surface area contributed by atoms with Crippen molar-refractivity contribution in [3.05, 3.63) is 17.5 Å². The Balaban J connectivity index is 1.65. The smallest absolute Gasteiger partial charge is 0.219 e. The zero-order valence-corrected chi connectivity index (χ0v) is 23.7. The summed E-state index contributed by atoms with van der Waals surface area (Å²) in [5, 5.41) is 0. The Morgan fingerprint density at radius 3 is 2.50 bits per heavy atom. The van der Waals surface area contributed by atoms with E-state index in [2.05, 4.69) is 35.8 Å². The fraction of sp³-hybridized carbons (Fsp3) is 0.724. The first-order valence-corrected chi connectivity index (χ1v) is 14.5. The predicted molar refractivity (Wildman–Crippen MR) is 150 cm³/mol. The van der Waals surface area contributed by atoms with Crippen LogP contribution in [0.5, 0.6) is 5.88 Å². The third-order valence-electron chi connectivity index (χ3n) is 8.54. The normalized spacial score (nSPS) is 24.1. The fourth-order valence-electron chi connectivity index (χ4n) is 6.00. The SMILES string of the molecule is CCC/C(C(=O)[C@H]1CCCCC1=O)=C(/N)c1nc(OC[C@@H]2CCCN2C)cc(N2CCC(N(C)C)CC2)n1. The van der Waals surface area contributed by atoms with Gasteiger partial charge in [0.25, 0.3) is 0 Å². The maximum atomic E-state index is 13.6. The van der Waals surface area contributed by atoms with Gasteiger partial charge < -0.3 is 25.2 Å². The van der Waals surface area contributed by atoms with E-state index in [1.807, 2.05) is 13.0 Å². The van der Waals surface area contributed by atoms with Crippen molar-refractivity contribution in [1.29, 1.82) is 0 Å². The Morgan fingerprint density at radius 1 is 1.11 bits per heavy atom. The molecule has 3 aliphatic rings. The highest BCUT2D eigenvalue weighted by Gasteiger charge is 2.32. The van der Waals surface area contributed by atoms with E-state index in [-0.39, 0.29) is 17.3 Å². The summed E-state index contributed by atoms with van der Waals surface area (Å²) in [5.74, 6) is 0.885. The number of rotatable bonds is 10. The molecule has 9 nitrogen and oxygen atoms in total. The minimum atomic E-state index is -0.592. The second kappa shape index (κ2) is 13.0. The first-order chi connectivity index (χ1) is 18.3. The lowest BCUT2D eigenvalue weighted by atomic mass is 9.81. The van der Waals surface area contributed by atoms with Gasteiger partial charge in [-0.25, -0.2) is 4.98 Å². The Kier molecular flexibility index (Phi) is 9.76. The van der Waals surface area contributed by atoms with Crippen LogP contribution in [0.15, 0.2) is 11.6 Å². The number of piperidine rings is 1. The van der Waals surface area contributed by atoms with Gasteiger partial charge in [0.2, 0.25) is 5.88 Å². The fourth-order valence-corrected chi connectivity index (χ4v) is 6.00. The number of likely N-dealkylation sites (N-methyl/N-ethyl adjacent to an activating group) is 1. The predicted octanol–water partition coefficient (Wildman–Crippen LogP) is 3.28. The molecule has 3 heterocycles. The van der Waals surface area contributed by atoms with E-state index < -0.39 is 5.92 Å². The van der Waals surface area contributed by atoms with Gasteiger partial charge in [-0.3, -0.25) is 9.59 Å². The lowest BCUT2D eigenvalue weighted by molar-refractivity contribution is -0.132. The topological polar surface area (TPSA) is 105 Å². The second-order valence-corrected chi connectivity index (χ2v) is 11.4. The highest BCUT2D eigenvalue weighted by molar-refractivity contribution is 6.13. The summed E-state index contributed by atoms with van der Waals surface area (Å²) in [4.78, 5) is 42.6. The number of Topliss-reactive ketones (excluding diaryl/α,β-unsaturated/α-hetero) is 2. The molecular formula is C29H46N6O3. The molecule has 2 aliphatic heterocycles. The lowest BCUT2D eigenvalue weighted by Gasteiger charge is -2.36. The molecule has 0 radical (unpaired) electrons. The van der Waals surface area contributed by atoms with E-state index in [1.54, 1.807) is 0 Å². The molecule has 1 aliphatic carbocycles. The van der Waals surface area contributed by atoms with Crippen LogP contribution in [0, 0.1) is 5.92 Å². The van der Waals surface area contributed by atoms with E-state index in [0.29, 0.717) is 55.2 Å². The van der Waals surface area contributed by atoms with Gasteiger partial charge in [-0.05, 0) is 72.6 Å². The van der Waals surface area contributed by atoms with Gasteiger partial charge in [-0.1, -0.05) is 19.8 Å². The molecule has 1 aromatic heterocycles. The first kappa shape index (κ1) is 28.5. The lowest BCUT2D eigenvalue weighted by Crippen LogP contribution is -2.42. The highest BCUT2D eigenvalue weighted by atomic mass is 16.5. The summed E-state index contributed by atoms with van der Waals surface area (Å²) in [5.41, 5.74) is 7.45. The largest absolute Gasteiger partial charge is 0.476 e. The number of carbonyl (C=O) groups excluding carboxylic acids is 2. The van der Waals surface area contributed by atoms with E-state index in [9.17, 15) is 9.59 Å². The van der Waals surface area contributed by atoms with Crippen molar-refractivity contribution in [3.8, 4) is 5.88 Å². The summed E-state index contributed by atoms with van der Waals surface area (Å²) >= 11 is 0. The average molecular weight is 527 g/mol. The van der Waals surface area contributed by atoms with Gasteiger partial charge in [0.1, 0.15) is 18.2 Å². The molecule has 1 aromatic rings. The van der Waals surface area contributed by atoms with Gasteiger partial charge in [-0.2, -0.15) is 4.98 Å². The Morgan fingerprint density at radius 2 is 1.87 bits per heavy atom. The van der Waals surface area contributed by atoms with Gasteiger partial charge in [0.05, 0.1) is 11.6 Å². The van der Waals surface area contributed by atoms with Gasteiger partial charge in [0.15, 0.2) is 11.6 Å². The molecule has 1 saturated carbocycles. The summed E-state index contributed by atoms with van der Waals surface area (Å²) in [6.07, 6.45) is 8.43. The summed E-state index contributed by atoms with van der Waals surface area (Å²) in [6, 6.07) is 2.82. The van der Waals surface area contributed by atoms with Crippen LogP contribution in [0.4, 0.5) is 5.82 Å². The van der Waals surface area contributed by atoms with Crippen molar-refractivity contribution >= 4 is 23.1 Å². The van der Waals surface area contributed by atoms with E-state index >= 15 is 0 Å². The maximum Gasteiger partial charge on any atom is 0.219 e. The molecule has 0 spiro atoms. The molecular weight excluding hydrogens is 480 g/mol. The molecule has 210 valence electrons. The third-order valence-corrected chi connectivity index (χ3v) is 8.54. The number of hydrogen-bond acceptors (Lipinski definition) is 9. The number of ether oxygens (including phenoxy) is 1. The summed E-state index contributed by atoms with van der Waals surface area (Å²) in [6.45, 7) is 5.40. The van der Waals surface area contributed by atoms with Crippen molar-refractivity contribution in [1.82, 2.24) is 19.8 Å². The molecule has 9 heteroatoms. The number of nitrogens with zero attached hydrogens (tertiary/aromatic N) is 5. The number of hydrogen-bond donors (Lipinski definition) is 1. The molecule has 4 rings (SSSR count). The van der Waals surface area contributed by atoms with Crippen molar-refractivity contribution in [2.45, 2.75) is 83.2 Å². The van der Waals surface area contributed by atoms with Crippen LogP contribution >= 0.6 is 0 Å². The van der Waals surface area contributed by atoms with Crippen molar-refractivity contribution in [2.75, 3.05) is 52.3 Å². The Hall–Kier alpha value is -2.52. The number of likely N-dealkylation sites (tertiary alicyclic amines) is 1. The van der Waals surface area contributed by atoms with Crippen LogP contribution in [0.1, 0.15) is 77.0 Å². The number of aromatic nitrogens is 2. The van der Waals surface area contributed by atoms with E-state index in [4.69, 9.17) is 20.4 Å². The molecule has 0 aromatic carbocycles. The summed E-state index contributed by atoms with van der Waals surface area (Å²) < 4.78 is 6.23. The number of nitrogens with two attached hydrogens (primary N) is 1. The molecule has 38 heavy (non-hydrogen) atoms. The highest BCUT2D eigenvalue weighted by Crippen LogP contribution is 2.30. The maximum absolute atomic E-state index is 13.6. The van der Waals surface area contributed by atoms with Crippen LogP contribution in [0.25, 0.3) is 5.70 Å². The molecule has 0 bridgehead atoms. The minimum absolute atomic E-state index is 0.0331. The van der Waals surface area contributed by atoms with Gasteiger partial charge in [0, 0.05) is 43.2 Å². The molecule has 2 N–H and O–H groups in total. The standard InChI is InChI=1S/C29H46N6O3/c1-5-9-23(28(37)22-11-6-7-12-24(22)36)27(30)29-31-25(35-16-13-20(14-17-35)33(2)3)18-26(32-29)38-19-21-10-8-15-34(21)4/h18,20-22H,5-17,19,30H2,1-4H3/b27-23-/t21-,22-/m0/s1. The minimum Gasteiger partial charge on any atom is -0.476 e. The van der Waals surface area contributed by atoms with Gasteiger partial charge >= 0.3 is 0 Å². The quantitative estimate of drug-likeness (QED) is 0.363. The van der Waals surface area contributed by atoms with E-state index in [1.165, 1.54) is 6.42 Å². The van der Waals surface area contributed by atoms with Crippen LogP contribution in [0.2, 0.25) is 0 Å². The molecule has 0 unspecified atom stereocenters. The Bertz CT molecular complexity index is 1020. The number of anilines is 1. The van der Waals surface area contributed by atoms with Crippen molar-refractivity contribution < 1.29 is 14.3 Å². The van der Waals surface area contributed by atoms with E-state index in [0.717, 1.165) is 64.0 Å². The van der Waals surface area contributed by atoms with Crippen molar-refractivity contribution in [3.63, 3.8) is 0 Å². The summed E-state index contributed by atoms with van der Waals surface area (Å²) in [7, 11) is 6.39. The van der Waals surface area contributed by atoms with Gasteiger partial charge in [-0.15, -0.1) is 0 Å². The number of ketones is 2. The zero-order chi connectivity index (χ0) is 27.2. The van der Waals surface area contributed by atoms with Crippen molar-refractivity contribution in [2.24, 2.45) is 11.7 Å². The third kappa shape index (κ3) is 6.72. The zero-order valence-electron chi connectivity index (χ0n) is 23.7. The molecule has 0 amide bonds. The molecule has 3 fully saturated rings. The average Bonchev–Trinajstić information content (AvgIpc) is 3.34. The van der Waals surface area contributed by atoms with Crippen LogP contribution < -0.4 is 15.4 Å². The van der Waals surface area contributed by atoms with Crippen LogP contribution in [0.3, 0.4) is 0 Å². The van der Waals surface area contributed by atoms with Crippen LogP contribution in [-0.2, 0) is 9.59 Å².